The molecule has 0 saturated carbocycles. The monoisotopic (exact) mass is 350 g/mol. The van der Waals surface area contributed by atoms with Gasteiger partial charge in [0.2, 0.25) is 0 Å². The molecule has 1 aromatic rings. The van der Waals surface area contributed by atoms with Gasteiger partial charge in [-0.3, -0.25) is 19.5 Å². The molecular weight excluding hydrogens is 335 g/mol. The molecule has 0 aliphatic carbocycles. The molecule has 0 saturated heterocycles. The van der Waals surface area contributed by atoms with E-state index in [0.717, 1.165) is 6.07 Å². The highest BCUT2D eigenvalue weighted by Gasteiger charge is 2.19. The molecule has 0 heterocycles. The number of nitrogens with zero attached hydrogens (tertiary/aromatic N) is 1. The molecule has 22 heavy (non-hydrogen) atoms. The smallest absolute Gasteiger partial charge is 0.323 e. The van der Waals surface area contributed by atoms with Crippen molar-refractivity contribution in [3.8, 4) is 5.75 Å². The second-order valence-electron chi connectivity index (χ2n) is 4.61. The predicted molar refractivity (Wildman–Crippen MR) is 81.6 cm³/mol. The lowest BCUT2D eigenvalue weighted by Crippen LogP contribution is -2.33. The maximum atomic E-state index is 11.8. The SMILES string of the molecule is CC(C)OC(=O)[C@H](C)N[PH](=O)Oc1ccc([N+](=O)[O-])cc1Cl. The first-order valence-corrected chi connectivity index (χ1v) is 8.03. The number of carbonyl (C=O) groups is 1. The number of hydrogen-bond donors (Lipinski definition) is 1. The third kappa shape index (κ3) is 5.63. The van der Waals surface area contributed by atoms with Gasteiger partial charge in [-0.15, -0.1) is 0 Å². The van der Waals surface area contributed by atoms with Gasteiger partial charge in [-0.05, 0) is 26.8 Å². The molecule has 8 nitrogen and oxygen atoms in total. The van der Waals surface area contributed by atoms with Crippen molar-refractivity contribution in [3.63, 3.8) is 0 Å². The third-order valence-corrected chi connectivity index (χ3v) is 3.74. The summed E-state index contributed by atoms with van der Waals surface area (Å²) in [7, 11) is -2.83. The van der Waals surface area contributed by atoms with E-state index < -0.39 is 25.1 Å². The number of non-ortho nitro benzene ring substituents is 1. The van der Waals surface area contributed by atoms with Crippen molar-refractivity contribution >= 4 is 31.4 Å². The number of carbonyl (C=O) groups excluding carboxylic acids is 1. The van der Waals surface area contributed by atoms with E-state index in [4.69, 9.17) is 20.9 Å². The Hall–Kier alpha value is -1.63. The van der Waals surface area contributed by atoms with Crippen LogP contribution in [0.25, 0.3) is 0 Å². The number of hydrogen-bond acceptors (Lipinski definition) is 6. The van der Waals surface area contributed by atoms with Gasteiger partial charge < -0.3 is 9.26 Å². The summed E-state index contributed by atoms with van der Waals surface area (Å²) in [6.45, 7) is 4.87. The minimum absolute atomic E-state index is 0.0214. The Labute approximate surface area is 132 Å². The second-order valence-corrected chi connectivity index (χ2v) is 6.09. The summed E-state index contributed by atoms with van der Waals surface area (Å²) >= 11 is 5.81. The van der Waals surface area contributed by atoms with Crippen LogP contribution in [0.4, 0.5) is 5.69 Å². The molecule has 0 fully saturated rings. The van der Waals surface area contributed by atoms with Gasteiger partial charge in [0, 0.05) is 12.1 Å². The van der Waals surface area contributed by atoms with E-state index in [1.54, 1.807) is 13.8 Å². The van der Waals surface area contributed by atoms with Gasteiger partial charge in [0.05, 0.1) is 16.0 Å². The number of nitrogens with one attached hydrogen (secondary N) is 1. The summed E-state index contributed by atoms with van der Waals surface area (Å²) < 4.78 is 21.9. The lowest BCUT2D eigenvalue weighted by Gasteiger charge is -2.15. The van der Waals surface area contributed by atoms with Crippen LogP contribution in [0.2, 0.25) is 5.02 Å². The summed E-state index contributed by atoms with van der Waals surface area (Å²) in [4.78, 5) is 21.5. The lowest BCUT2D eigenvalue weighted by molar-refractivity contribution is -0.384. The predicted octanol–water partition coefficient (Wildman–Crippen LogP) is 2.95. The summed E-state index contributed by atoms with van der Waals surface area (Å²) in [6.07, 6.45) is -0.288. The minimum atomic E-state index is -2.83. The molecule has 10 heteroatoms. The first kappa shape index (κ1) is 18.4. The van der Waals surface area contributed by atoms with Gasteiger partial charge in [0.25, 0.3) is 5.69 Å². The molecule has 1 rings (SSSR count). The molecule has 0 spiro atoms. The highest BCUT2D eigenvalue weighted by Crippen LogP contribution is 2.33. The van der Waals surface area contributed by atoms with Crippen LogP contribution in [0, 0.1) is 10.1 Å². The zero-order chi connectivity index (χ0) is 16.9. The van der Waals surface area contributed by atoms with Gasteiger partial charge in [0.15, 0.2) is 0 Å². The third-order valence-electron chi connectivity index (χ3n) is 2.37. The fourth-order valence-electron chi connectivity index (χ4n) is 1.39. The summed E-state index contributed by atoms with van der Waals surface area (Å²) in [5, 5.41) is 13.0. The number of nitro benzene ring substituents is 1. The number of ether oxygens (including phenoxy) is 1. The fraction of sp³-hybridized carbons (Fsp3) is 0.417. The minimum Gasteiger partial charge on any atom is -0.462 e. The van der Waals surface area contributed by atoms with Gasteiger partial charge >= 0.3 is 14.1 Å². The van der Waals surface area contributed by atoms with Crippen molar-refractivity contribution in [2.45, 2.75) is 32.9 Å². The normalized spacial score (nSPS) is 13.5. The molecule has 1 aromatic carbocycles. The van der Waals surface area contributed by atoms with Crippen LogP contribution >= 0.6 is 19.8 Å². The number of nitro groups is 1. The van der Waals surface area contributed by atoms with Gasteiger partial charge in [-0.1, -0.05) is 11.6 Å². The highest BCUT2D eigenvalue weighted by molar-refractivity contribution is 7.37. The van der Waals surface area contributed by atoms with Crippen molar-refractivity contribution < 1.29 is 23.5 Å². The summed E-state index contributed by atoms with van der Waals surface area (Å²) in [5.41, 5.74) is -0.209. The van der Waals surface area contributed by atoms with Crippen LogP contribution in [0.5, 0.6) is 5.75 Å². The fourth-order valence-corrected chi connectivity index (χ4v) is 2.57. The molecule has 2 atom stereocenters. The number of esters is 1. The Kier molecular flexibility index (Phi) is 6.80. The van der Waals surface area contributed by atoms with E-state index in [1.165, 1.54) is 19.1 Å². The van der Waals surface area contributed by atoms with Crippen LogP contribution in [0.1, 0.15) is 20.8 Å². The average Bonchev–Trinajstić information content (AvgIpc) is 2.39. The van der Waals surface area contributed by atoms with Crippen LogP contribution in [0.3, 0.4) is 0 Å². The first-order chi connectivity index (χ1) is 10.2. The molecular formula is C12H16ClN2O6P. The Morgan fingerprint density at radius 1 is 1.41 bits per heavy atom. The largest absolute Gasteiger partial charge is 0.462 e. The molecule has 122 valence electrons. The average molecular weight is 351 g/mol. The van der Waals surface area contributed by atoms with Crippen LogP contribution in [0.15, 0.2) is 18.2 Å². The molecule has 0 bridgehead atoms. The Balaban J connectivity index is 2.65. The van der Waals surface area contributed by atoms with Crippen molar-refractivity contribution in [2.75, 3.05) is 0 Å². The number of benzene rings is 1. The Morgan fingerprint density at radius 3 is 2.55 bits per heavy atom. The number of halogens is 1. The lowest BCUT2D eigenvalue weighted by atomic mass is 10.3. The molecule has 0 aliphatic heterocycles. The Bertz CT molecular complexity index is 595. The van der Waals surface area contributed by atoms with E-state index in [0.29, 0.717) is 0 Å². The second kappa shape index (κ2) is 8.12. The zero-order valence-corrected chi connectivity index (χ0v) is 13.9. The van der Waals surface area contributed by atoms with Gasteiger partial charge in [-0.25, -0.2) is 5.09 Å². The van der Waals surface area contributed by atoms with Crippen molar-refractivity contribution in [3.05, 3.63) is 33.3 Å². The van der Waals surface area contributed by atoms with E-state index in [-0.39, 0.29) is 22.6 Å². The van der Waals surface area contributed by atoms with Gasteiger partial charge in [-0.2, -0.15) is 0 Å². The zero-order valence-electron chi connectivity index (χ0n) is 12.2. The van der Waals surface area contributed by atoms with Crippen LogP contribution < -0.4 is 9.61 Å². The van der Waals surface area contributed by atoms with E-state index in [2.05, 4.69) is 5.09 Å². The quantitative estimate of drug-likeness (QED) is 0.348. The van der Waals surface area contributed by atoms with Crippen LogP contribution in [-0.4, -0.2) is 23.0 Å². The van der Waals surface area contributed by atoms with Crippen molar-refractivity contribution in [1.82, 2.24) is 5.09 Å². The molecule has 0 amide bonds. The standard InChI is InChI=1S/C12H16ClN2O6P/c1-7(2)20-12(16)8(3)14-22(19)21-11-5-4-9(15(17)18)6-10(11)13/h4-8,22H,1-3H3,(H,14,19)/t8-/m0/s1. The number of rotatable bonds is 7. The van der Waals surface area contributed by atoms with Crippen LogP contribution in [-0.2, 0) is 14.1 Å². The van der Waals surface area contributed by atoms with E-state index in [1.807, 2.05) is 0 Å². The van der Waals surface area contributed by atoms with Crippen molar-refractivity contribution in [1.29, 1.82) is 0 Å². The maximum absolute atomic E-state index is 11.8. The molecule has 0 radical (unpaired) electrons. The maximum Gasteiger partial charge on any atom is 0.323 e. The molecule has 0 aromatic heterocycles. The molecule has 1 unspecified atom stereocenters. The van der Waals surface area contributed by atoms with E-state index in [9.17, 15) is 19.5 Å². The Morgan fingerprint density at radius 2 is 2.05 bits per heavy atom. The molecule has 0 aliphatic rings. The summed E-state index contributed by atoms with van der Waals surface area (Å²) in [6, 6.07) is 2.67. The topological polar surface area (TPSA) is 108 Å². The summed E-state index contributed by atoms with van der Waals surface area (Å²) in [5.74, 6) is -0.542. The first-order valence-electron chi connectivity index (χ1n) is 6.33. The highest BCUT2D eigenvalue weighted by atomic mass is 35.5. The van der Waals surface area contributed by atoms with Gasteiger partial charge in [0.1, 0.15) is 11.8 Å². The van der Waals surface area contributed by atoms with E-state index >= 15 is 0 Å². The van der Waals surface area contributed by atoms with Crippen molar-refractivity contribution in [2.24, 2.45) is 0 Å². The molecule has 1 N–H and O–H groups in total.